The van der Waals surface area contributed by atoms with Gasteiger partial charge in [-0.3, -0.25) is 4.79 Å². The molecule has 1 rings (SSSR count). The molecule has 0 aromatic carbocycles. The molecule has 1 aliphatic rings. The summed E-state index contributed by atoms with van der Waals surface area (Å²) in [5.74, 6) is -0.135. The Balaban J connectivity index is 2.40. The van der Waals surface area contributed by atoms with Gasteiger partial charge in [0.05, 0.1) is 13.0 Å². The number of methoxy groups -OCH3 is 1. The monoisotopic (exact) mass is 256 g/mol. The van der Waals surface area contributed by atoms with Crippen LogP contribution in [0.5, 0.6) is 0 Å². The Morgan fingerprint density at radius 2 is 2.33 bits per heavy atom. The number of rotatable bonds is 8. The zero-order chi connectivity index (χ0) is 13.4. The van der Waals surface area contributed by atoms with Crippen molar-refractivity contribution in [3.05, 3.63) is 0 Å². The molecule has 0 saturated carbocycles. The highest BCUT2D eigenvalue weighted by atomic mass is 16.5. The van der Waals surface area contributed by atoms with Gasteiger partial charge in [-0.15, -0.1) is 0 Å². The quantitative estimate of drug-likeness (QED) is 0.671. The van der Waals surface area contributed by atoms with Crippen LogP contribution in [-0.2, 0) is 9.53 Å². The molecule has 0 spiro atoms. The molecule has 2 atom stereocenters. The van der Waals surface area contributed by atoms with E-state index >= 15 is 0 Å². The van der Waals surface area contributed by atoms with E-state index in [1.165, 1.54) is 32.8 Å². The van der Waals surface area contributed by atoms with Gasteiger partial charge in [0.2, 0.25) is 0 Å². The standard InChI is InChI=1S/C14H28N2O2/c1-4-5-9-16(10-12(2)14(17)18-3)11-13-7-6-8-15-13/h12-13,15H,4-11H2,1-3H3. The van der Waals surface area contributed by atoms with Gasteiger partial charge in [-0.1, -0.05) is 20.3 Å². The second kappa shape index (κ2) is 8.48. The highest BCUT2D eigenvalue weighted by Gasteiger charge is 2.21. The zero-order valence-corrected chi connectivity index (χ0v) is 12.1. The lowest BCUT2D eigenvalue weighted by atomic mass is 10.1. The molecule has 18 heavy (non-hydrogen) atoms. The van der Waals surface area contributed by atoms with Gasteiger partial charge < -0.3 is 15.0 Å². The van der Waals surface area contributed by atoms with E-state index in [1.54, 1.807) is 0 Å². The van der Waals surface area contributed by atoms with Crippen LogP contribution in [0.4, 0.5) is 0 Å². The van der Waals surface area contributed by atoms with Crippen LogP contribution >= 0.6 is 0 Å². The van der Waals surface area contributed by atoms with Crippen molar-refractivity contribution in [2.45, 2.75) is 45.6 Å². The second-order valence-electron chi connectivity index (χ2n) is 5.33. The lowest BCUT2D eigenvalue weighted by Crippen LogP contribution is -2.41. The lowest BCUT2D eigenvalue weighted by molar-refractivity contribution is -0.145. The molecule has 4 heteroatoms. The van der Waals surface area contributed by atoms with Gasteiger partial charge in [-0.2, -0.15) is 0 Å². The van der Waals surface area contributed by atoms with E-state index in [0.717, 1.165) is 26.2 Å². The summed E-state index contributed by atoms with van der Waals surface area (Å²) in [4.78, 5) is 13.9. The van der Waals surface area contributed by atoms with Crippen LogP contribution in [0.15, 0.2) is 0 Å². The number of hydrogen-bond donors (Lipinski definition) is 1. The van der Waals surface area contributed by atoms with Crippen molar-refractivity contribution >= 4 is 5.97 Å². The van der Waals surface area contributed by atoms with E-state index in [0.29, 0.717) is 6.04 Å². The molecule has 0 amide bonds. The molecule has 0 aromatic rings. The fourth-order valence-corrected chi connectivity index (χ4v) is 2.53. The third kappa shape index (κ3) is 5.36. The maximum Gasteiger partial charge on any atom is 0.309 e. The highest BCUT2D eigenvalue weighted by Crippen LogP contribution is 2.10. The van der Waals surface area contributed by atoms with Crippen molar-refractivity contribution in [2.75, 3.05) is 33.3 Å². The van der Waals surface area contributed by atoms with Crippen LogP contribution < -0.4 is 5.32 Å². The van der Waals surface area contributed by atoms with Gasteiger partial charge in [0, 0.05) is 19.1 Å². The Hall–Kier alpha value is -0.610. The van der Waals surface area contributed by atoms with Gasteiger partial charge in [-0.05, 0) is 32.4 Å². The normalized spacial score (nSPS) is 21.2. The van der Waals surface area contributed by atoms with Gasteiger partial charge in [0.1, 0.15) is 0 Å². The Morgan fingerprint density at radius 3 is 2.89 bits per heavy atom. The molecule has 4 nitrogen and oxygen atoms in total. The van der Waals surface area contributed by atoms with Crippen LogP contribution in [0.25, 0.3) is 0 Å². The van der Waals surface area contributed by atoms with Gasteiger partial charge in [-0.25, -0.2) is 0 Å². The molecule has 0 aromatic heterocycles. The predicted molar refractivity (Wildman–Crippen MR) is 73.6 cm³/mol. The van der Waals surface area contributed by atoms with Crippen molar-refractivity contribution in [2.24, 2.45) is 5.92 Å². The average molecular weight is 256 g/mol. The lowest BCUT2D eigenvalue weighted by Gasteiger charge is -2.27. The molecular formula is C14H28N2O2. The summed E-state index contributed by atoms with van der Waals surface area (Å²) in [6, 6.07) is 0.603. The predicted octanol–water partition coefficient (Wildman–Crippen LogP) is 1.65. The van der Waals surface area contributed by atoms with E-state index in [2.05, 4.69) is 17.1 Å². The summed E-state index contributed by atoms with van der Waals surface area (Å²) >= 11 is 0. The SMILES string of the molecule is CCCCN(CC1CCCN1)CC(C)C(=O)OC. The number of nitrogens with one attached hydrogen (secondary N) is 1. The number of carbonyl (C=O) groups is 1. The molecule has 1 aliphatic heterocycles. The van der Waals surface area contributed by atoms with Crippen molar-refractivity contribution in [1.29, 1.82) is 0 Å². The molecule has 1 fully saturated rings. The largest absolute Gasteiger partial charge is 0.469 e. The van der Waals surface area contributed by atoms with Crippen LogP contribution in [0, 0.1) is 5.92 Å². The van der Waals surface area contributed by atoms with Gasteiger partial charge >= 0.3 is 5.97 Å². The third-order valence-corrected chi connectivity index (χ3v) is 3.60. The number of hydrogen-bond acceptors (Lipinski definition) is 4. The van der Waals surface area contributed by atoms with Crippen LogP contribution in [-0.4, -0.2) is 50.2 Å². The molecule has 0 radical (unpaired) electrons. The van der Waals surface area contributed by atoms with Crippen molar-refractivity contribution in [1.82, 2.24) is 10.2 Å². The number of carbonyl (C=O) groups excluding carboxylic acids is 1. The first kappa shape index (κ1) is 15.4. The molecule has 2 unspecified atom stereocenters. The molecule has 1 saturated heterocycles. The third-order valence-electron chi connectivity index (χ3n) is 3.60. The van der Waals surface area contributed by atoms with Crippen LogP contribution in [0.2, 0.25) is 0 Å². The number of nitrogens with zero attached hydrogens (tertiary/aromatic N) is 1. The maximum atomic E-state index is 11.5. The summed E-state index contributed by atoms with van der Waals surface area (Å²) in [6.07, 6.45) is 4.93. The van der Waals surface area contributed by atoms with E-state index in [4.69, 9.17) is 4.74 Å². The molecule has 1 N–H and O–H groups in total. The van der Waals surface area contributed by atoms with Gasteiger partial charge in [0.15, 0.2) is 0 Å². The Morgan fingerprint density at radius 1 is 1.56 bits per heavy atom. The van der Waals surface area contributed by atoms with Crippen molar-refractivity contribution in [3.8, 4) is 0 Å². The van der Waals surface area contributed by atoms with Crippen molar-refractivity contribution in [3.63, 3.8) is 0 Å². The molecule has 0 bridgehead atoms. The number of esters is 1. The smallest absolute Gasteiger partial charge is 0.309 e. The first-order valence-electron chi connectivity index (χ1n) is 7.21. The zero-order valence-electron chi connectivity index (χ0n) is 12.1. The van der Waals surface area contributed by atoms with E-state index < -0.39 is 0 Å². The van der Waals surface area contributed by atoms with Gasteiger partial charge in [0.25, 0.3) is 0 Å². The minimum Gasteiger partial charge on any atom is -0.469 e. The molecule has 0 aliphatic carbocycles. The summed E-state index contributed by atoms with van der Waals surface area (Å²) in [5, 5.41) is 3.52. The Bertz CT molecular complexity index is 240. The number of ether oxygens (including phenoxy) is 1. The summed E-state index contributed by atoms with van der Waals surface area (Å²) < 4.78 is 4.81. The van der Waals surface area contributed by atoms with Crippen LogP contribution in [0.3, 0.4) is 0 Å². The summed E-state index contributed by atoms with van der Waals surface area (Å²) in [6.45, 7) is 8.24. The minimum absolute atomic E-state index is 0.0340. The Kier molecular flexibility index (Phi) is 7.28. The second-order valence-corrected chi connectivity index (χ2v) is 5.33. The Labute approximate surface area is 111 Å². The average Bonchev–Trinajstić information content (AvgIpc) is 2.87. The number of unbranched alkanes of at least 4 members (excludes halogenated alkanes) is 1. The highest BCUT2D eigenvalue weighted by molar-refractivity contribution is 5.72. The molecule has 1 heterocycles. The molecular weight excluding hydrogens is 228 g/mol. The van der Waals surface area contributed by atoms with Crippen molar-refractivity contribution < 1.29 is 9.53 Å². The maximum absolute atomic E-state index is 11.5. The fourth-order valence-electron chi connectivity index (χ4n) is 2.53. The first-order valence-corrected chi connectivity index (χ1v) is 7.21. The first-order chi connectivity index (χ1) is 8.67. The molecule has 106 valence electrons. The summed E-state index contributed by atoms with van der Waals surface area (Å²) in [7, 11) is 1.47. The van der Waals surface area contributed by atoms with E-state index in [-0.39, 0.29) is 11.9 Å². The minimum atomic E-state index is -0.101. The van der Waals surface area contributed by atoms with E-state index in [1.807, 2.05) is 6.92 Å². The fraction of sp³-hybridized carbons (Fsp3) is 0.929. The van der Waals surface area contributed by atoms with E-state index in [9.17, 15) is 4.79 Å². The van der Waals surface area contributed by atoms with Crippen LogP contribution in [0.1, 0.15) is 39.5 Å². The summed E-state index contributed by atoms with van der Waals surface area (Å²) in [5.41, 5.74) is 0. The topological polar surface area (TPSA) is 41.6 Å².